The molecule has 0 saturated carbocycles. The van der Waals surface area contributed by atoms with Gasteiger partial charge in [-0.1, -0.05) is 42.2 Å². The van der Waals surface area contributed by atoms with E-state index in [-0.39, 0.29) is 0 Å². The van der Waals surface area contributed by atoms with Gasteiger partial charge >= 0.3 is 0 Å². The minimum atomic E-state index is 0.292. The van der Waals surface area contributed by atoms with Crippen LogP contribution in [0.5, 0.6) is 5.75 Å². The second-order valence-electron chi connectivity index (χ2n) is 6.72. The number of benzene rings is 2. The van der Waals surface area contributed by atoms with Crippen molar-refractivity contribution in [2.45, 2.75) is 6.42 Å². The third-order valence-electron chi connectivity index (χ3n) is 4.79. The second-order valence-corrected chi connectivity index (χ2v) is 6.72. The number of hydrogen-bond acceptors (Lipinski definition) is 4. The first kappa shape index (κ1) is 17.5. The van der Waals surface area contributed by atoms with Crippen molar-refractivity contribution in [3.63, 3.8) is 0 Å². The number of hydrogen-bond donors (Lipinski definition) is 1. The van der Waals surface area contributed by atoms with Crippen molar-refractivity contribution < 1.29 is 9.84 Å². The van der Waals surface area contributed by atoms with Crippen molar-refractivity contribution in [3.8, 4) is 17.6 Å². The van der Waals surface area contributed by atoms with E-state index in [0.717, 1.165) is 60.4 Å². The number of fused-ring (bicyclic) bond motifs is 1. The van der Waals surface area contributed by atoms with E-state index >= 15 is 0 Å². The molecule has 0 radical (unpaired) electrons. The standard InChI is InChI=1S/C23H22N2O2/c26-23-20(15-18-5-2-1-3-6-18)17-24-22-9-8-19(16-21(22)23)7-4-10-25-11-13-27-14-12-25/h1-3,5-6,8-9,16-17H,10-15H2,(H,24,26). The molecule has 1 aromatic heterocycles. The van der Waals surface area contributed by atoms with E-state index in [9.17, 15) is 5.11 Å². The fraction of sp³-hybridized carbons (Fsp3) is 0.261. The number of aromatic nitrogens is 1. The number of aromatic hydroxyl groups is 1. The Morgan fingerprint density at radius 1 is 1.07 bits per heavy atom. The predicted octanol–water partition coefficient (Wildman–Crippen LogP) is 3.21. The van der Waals surface area contributed by atoms with E-state index in [2.05, 4.69) is 33.9 Å². The Kier molecular flexibility index (Phi) is 5.34. The maximum absolute atomic E-state index is 10.8. The fourth-order valence-corrected chi connectivity index (χ4v) is 3.26. The number of ether oxygens (including phenoxy) is 1. The van der Waals surface area contributed by atoms with Gasteiger partial charge < -0.3 is 9.84 Å². The Balaban J connectivity index is 1.56. The predicted molar refractivity (Wildman–Crippen MR) is 107 cm³/mol. The van der Waals surface area contributed by atoms with Gasteiger partial charge in [0.25, 0.3) is 0 Å². The Bertz CT molecular complexity index is 984. The summed E-state index contributed by atoms with van der Waals surface area (Å²) in [6.45, 7) is 4.16. The molecule has 4 nitrogen and oxygen atoms in total. The second kappa shape index (κ2) is 8.22. The molecule has 0 unspecified atom stereocenters. The van der Waals surface area contributed by atoms with Gasteiger partial charge in [-0.2, -0.15) is 0 Å². The molecule has 4 rings (SSSR count). The maximum Gasteiger partial charge on any atom is 0.130 e. The first-order valence-electron chi connectivity index (χ1n) is 9.23. The zero-order valence-corrected chi connectivity index (χ0v) is 15.2. The summed E-state index contributed by atoms with van der Waals surface area (Å²) in [7, 11) is 0. The molecule has 1 N–H and O–H groups in total. The minimum Gasteiger partial charge on any atom is -0.507 e. The molecule has 2 aromatic carbocycles. The van der Waals surface area contributed by atoms with Crippen molar-refractivity contribution in [1.82, 2.24) is 9.88 Å². The van der Waals surface area contributed by atoms with Gasteiger partial charge in [-0.3, -0.25) is 9.88 Å². The smallest absolute Gasteiger partial charge is 0.130 e. The first-order valence-corrected chi connectivity index (χ1v) is 9.23. The summed E-state index contributed by atoms with van der Waals surface area (Å²) < 4.78 is 5.35. The number of pyridine rings is 1. The van der Waals surface area contributed by atoms with Gasteiger partial charge in [-0.25, -0.2) is 0 Å². The van der Waals surface area contributed by atoms with Crippen molar-refractivity contribution in [2.24, 2.45) is 0 Å². The van der Waals surface area contributed by atoms with Gasteiger partial charge in [-0.15, -0.1) is 0 Å². The first-order chi connectivity index (χ1) is 13.3. The topological polar surface area (TPSA) is 45.6 Å². The zero-order chi connectivity index (χ0) is 18.5. The summed E-state index contributed by atoms with van der Waals surface area (Å²) in [5.74, 6) is 6.73. The Morgan fingerprint density at radius 2 is 1.89 bits per heavy atom. The highest BCUT2D eigenvalue weighted by atomic mass is 16.5. The monoisotopic (exact) mass is 358 g/mol. The Labute approximate surface area is 159 Å². The van der Waals surface area contributed by atoms with Gasteiger partial charge in [0.1, 0.15) is 5.75 Å². The van der Waals surface area contributed by atoms with Gasteiger partial charge in [-0.05, 0) is 23.8 Å². The zero-order valence-electron chi connectivity index (χ0n) is 15.2. The molecule has 4 heteroatoms. The summed E-state index contributed by atoms with van der Waals surface area (Å²) in [6, 6.07) is 15.9. The number of nitrogens with zero attached hydrogens (tertiary/aromatic N) is 2. The van der Waals surface area contributed by atoms with Crippen molar-refractivity contribution in [2.75, 3.05) is 32.8 Å². The van der Waals surface area contributed by atoms with Crippen molar-refractivity contribution in [3.05, 3.63) is 71.4 Å². The molecule has 1 aliphatic rings. The molecule has 0 atom stereocenters. The SMILES string of the molecule is Oc1c(Cc2ccccc2)cnc2ccc(C#CCN3CCOCC3)cc12. The summed E-state index contributed by atoms with van der Waals surface area (Å²) in [4.78, 5) is 6.79. The van der Waals surface area contributed by atoms with E-state index in [1.54, 1.807) is 6.20 Å². The van der Waals surface area contributed by atoms with Crippen LogP contribution in [0.15, 0.2) is 54.7 Å². The highest BCUT2D eigenvalue weighted by molar-refractivity contribution is 5.87. The molecule has 0 amide bonds. The third-order valence-corrected chi connectivity index (χ3v) is 4.79. The van der Waals surface area contributed by atoms with Crippen LogP contribution in [0.4, 0.5) is 0 Å². The molecule has 2 heterocycles. The van der Waals surface area contributed by atoms with E-state index in [0.29, 0.717) is 12.2 Å². The highest BCUT2D eigenvalue weighted by Gasteiger charge is 2.10. The summed E-state index contributed by atoms with van der Waals surface area (Å²) in [6.07, 6.45) is 2.41. The molecular formula is C23H22N2O2. The molecule has 27 heavy (non-hydrogen) atoms. The quantitative estimate of drug-likeness (QED) is 0.731. The van der Waals surface area contributed by atoms with E-state index in [1.807, 2.05) is 36.4 Å². The van der Waals surface area contributed by atoms with Crippen molar-refractivity contribution in [1.29, 1.82) is 0 Å². The van der Waals surface area contributed by atoms with Crippen LogP contribution in [0.3, 0.4) is 0 Å². The van der Waals surface area contributed by atoms with Gasteiger partial charge in [0.2, 0.25) is 0 Å². The van der Waals surface area contributed by atoms with Crippen LogP contribution in [0.25, 0.3) is 10.9 Å². The lowest BCUT2D eigenvalue weighted by molar-refractivity contribution is 0.0443. The average Bonchev–Trinajstić information content (AvgIpc) is 2.72. The molecular weight excluding hydrogens is 336 g/mol. The molecule has 1 fully saturated rings. The fourth-order valence-electron chi connectivity index (χ4n) is 3.26. The Hall–Kier alpha value is -2.87. The molecule has 0 aliphatic carbocycles. The summed E-state index contributed by atoms with van der Waals surface area (Å²) >= 11 is 0. The molecule has 1 aliphatic heterocycles. The van der Waals surface area contributed by atoms with Crippen LogP contribution in [-0.4, -0.2) is 47.8 Å². The molecule has 1 saturated heterocycles. The molecule has 3 aromatic rings. The highest BCUT2D eigenvalue weighted by Crippen LogP contribution is 2.29. The van der Waals surface area contributed by atoms with Crippen LogP contribution >= 0.6 is 0 Å². The normalized spacial score (nSPS) is 14.7. The summed E-state index contributed by atoms with van der Waals surface area (Å²) in [5, 5.41) is 11.5. The lowest BCUT2D eigenvalue weighted by atomic mass is 10.0. The summed E-state index contributed by atoms with van der Waals surface area (Å²) in [5.41, 5.74) is 3.65. The van der Waals surface area contributed by atoms with Gasteiger partial charge in [0, 0.05) is 42.2 Å². The van der Waals surface area contributed by atoms with Crippen LogP contribution in [0.2, 0.25) is 0 Å². The van der Waals surface area contributed by atoms with E-state index in [4.69, 9.17) is 4.74 Å². The average molecular weight is 358 g/mol. The lowest BCUT2D eigenvalue weighted by Crippen LogP contribution is -2.36. The number of rotatable bonds is 3. The molecule has 0 spiro atoms. The van der Waals surface area contributed by atoms with E-state index in [1.165, 1.54) is 0 Å². The molecule has 136 valence electrons. The Morgan fingerprint density at radius 3 is 2.70 bits per heavy atom. The van der Waals surface area contributed by atoms with Crippen LogP contribution in [-0.2, 0) is 11.2 Å². The maximum atomic E-state index is 10.8. The van der Waals surface area contributed by atoms with Crippen LogP contribution in [0.1, 0.15) is 16.7 Å². The minimum absolute atomic E-state index is 0.292. The lowest BCUT2D eigenvalue weighted by Gasteiger charge is -2.24. The van der Waals surface area contributed by atoms with Gasteiger partial charge in [0.15, 0.2) is 0 Å². The third kappa shape index (κ3) is 4.28. The van der Waals surface area contributed by atoms with Crippen LogP contribution in [0, 0.1) is 11.8 Å². The van der Waals surface area contributed by atoms with Crippen molar-refractivity contribution >= 4 is 10.9 Å². The number of morpholine rings is 1. The largest absolute Gasteiger partial charge is 0.507 e. The van der Waals surface area contributed by atoms with Gasteiger partial charge in [0.05, 0.1) is 25.3 Å². The van der Waals surface area contributed by atoms with Crippen LogP contribution < -0.4 is 0 Å². The molecule has 0 bridgehead atoms. The van der Waals surface area contributed by atoms with E-state index < -0.39 is 0 Å².